The molecule has 8 heteroatoms. The van der Waals surface area contributed by atoms with Gasteiger partial charge in [0.15, 0.2) is 0 Å². The molecule has 1 aliphatic rings. The van der Waals surface area contributed by atoms with Crippen LogP contribution < -0.4 is 15.0 Å². The van der Waals surface area contributed by atoms with Crippen molar-refractivity contribution in [2.24, 2.45) is 5.92 Å². The minimum absolute atomic E-state index is 0.000982. The van der Waals surface area contributed by atoms with Gasteiger partial charge in [-0.2, -0.15) is 8.78 Å². The van der Waals surface area contributed by atoms with Crippen molar-refractivity contribution in [1.82, 2.24) is 0 Å². The first-order valence-electron chi connectivity index (χ1n) is 8.26. The lowest BCUT2D eigenvalue weighted by Crippen LogP contribution is -2.28. The second kappa shape index (κ2) is 8.04. The molecule has 27 heavy (non-hydrogen) atoms. The van der Waals surface area contributed by atoms with Crippen molar-refractivity contribution >= 4 is 39.1 Å². The van der Waals surface area contributed by atoms with E-state index in [2.05, 4.69) is 26.0 Å². The quantitative estimate of drug-likeness (QED) is 0.754. The number of carbonyl (C=O) groups is 2. The zero-order valence-electron chi connectivity index (χ0n) is 14.4. The van der Waals surface area contributed by atoms with Crippen molar-refractivity contribution in [2.75, 3.05) is 16.8 Å². The van der Waals surface area contributed by atoms with E-state index in [9.17, 15) is 18.4 Å². The zero-order chi connectivity index (χ0) is 19.6. The van der Waals surface area contributed by atoms with Gasteiger partial charge in [0.1, 0.15) is 5.75 Å². The lowest BCUT2D eigenvalue weighted by atomic mass is 10.1. The van der Waals surface area contributed by atoms with Gasteiger partial charge in [-0.15, -0.1) is 0 Å². The highest BCUT2D eigenvalue weighted by Gasteiger charge is 2.35. The molecule has 2 amide bonds. The first-order valence-corrected chi connectivity index (χ1v) is 9.05. The van der Waals surface area contributed by atoms with E-state index in [-0.39, 0.29) is 30.5 Å². The number of hydrogen-bond donors (Lipinski definition) is 1. The average molecular weight is 439 g/mol. The van der Waals surface area contributed by atoms with E-state index < -0.39 is 12.5 Å². The second-order valence-corrected chi connectivity index (χ2v) is 7.10. The summed E-state index contributed by atoms with van der Waals surface area (Å²) in [5, 5.41) is 2.72. The summed E-state index contributed by atoms with van der Waals surface area (Å²) in [6.07, 6.45) is 0.0879. The highest BCUT2D eigenvalue weighted by molar-refractivity contribution is 9.10. The van der Waals surface area contributed by atoms with Gasteiger partial charge in [-0.05, 0) is 37.3 Å². The van der Waals surface area contributed by atoms with Gasteiger partial charge in [-0.25, -0.2) is 0 Å². The fourth-order valence-electron chi connectivity index (χ4n) is 2.99. The lowest BCUT2D eigenvalue weighted by Gasteiger charge is -2.17. The van der Waals surface area contributed by atoms with E-state index in [1.807, 2.05) is 18.2 Å². The van der Waals surface area contributed by atoms with E-state index >= 15 is 0 Å². The Morgan fingerprint density at radius 1 is 1.30 bits per heavy atom. The first kappa shape index (κ1) is 19.3. The van der Waals surface area contributed by atoms with Crippen molar-refractivity contribution in [3.8, 4) is 5.75 Å². The van der Waals surface area contributed by atoms with Gasteiger partial charge in [0.25, 0.3) is 0 Å². The van der Waals surface area contributed by atoms with Gasteiger partial charge < -0.3 is 15.0 Å². The molecule has 1 N–H and O–H groups in total. The largest absolute Gasteiger partial charge is 0.434 e. The third kappa shape index (κ3) is 4.44. The highest BCUT2D eigenvalue weighted by Crippen LogP contribution is 2.30. The van der Waals surface area contributed by atoms with Crippen LogP contribution in [0.15, 0.2) is 46.9 Å². The number of anilines is 2. The van der Waals surface area contributed by atoms with Gasteiger partial charge in [-0.3, -0.25) is 9.59 Å². The van der Waals surface area contributed by atoms with Gasteiger partial charge in [0.2, 0.25) is 11.8 Å². The molecule has 1 fully saturated rings. The number of hydrogen-bond acceptors (Lipinski definition) is 3. The maximum absolute atomic E-state index is 12.6. The Morgan fingerprint density at radius 3 is 2.74 bits per heavy atom. The van der Waals surface area contributed by atoms with Crippen LogP contribution in [0, 0.1) is 12.8 Å². The SMILES string of the molecule is Cc1c(NC(=O)C2CC(=O)N(c3cccc(Br)c3)C2)cccc1OC(F)F. The summed E-state index contributed by atoms with van der Waals surface area (Å²) >= 11 is 3.37. The number of carbonyl (C=O) groups excluding carboxylic acids is 2. The number of nitrogens with zero attached hydrogens (tertiary/aromatic N) is 1. The maximum Gasteiger partial charge on any atom is 0.387 e. The maximum atomic E-state index is 12.6. The Labute approximate surface area is 163 Å². The molecule has 2 aromatic carbocycles. The molecule has 1 unspecified atom stereocenters. The summed E-state index contributed by atoms with van der Waals surface area (Å²) in [5.41, 5.74) is 1.50. The Bertz CT molecular complexity index is 876. The van der Waals surface area contributed by atoms with Crippen LogP contribution in [0.5, 0.6) is 5.75 Å². The number of alkyl halides is 2. The zero-order valence-corrected chi connectivity index (χ0v) is 16.0. The van der Waals surface area contributed by atoms with E-state index in [0.29, 0.717) is 16.9 Å². The van der Waals surface area contributed by atoms with Crippen LogP contribution in [0.1, 0.15) is 12.0 Å². The van der Waals surface area contributed by atoms with E-state index in [1.54, 1.807) is 24.0 Å². The number of nitrogens with one attached hydrogen (secondary N) is 1. The monoisotopic (exact) mass is 438 g/mol. The van der Waals surface area contributed by atoms with Gasteiger partial charge in [0, 0.05) is 34.4 Å². The Balaban J connectivity index is 1.72. The van der Waals surface area contributed by atoms with E-state index in [4.69, 9.17) is 0 Å². The molecule has 1 heterocycles. The van der Waals surface area contributed by atoms with Crippen LogP contribution in [0.4, 0.5) is 20.2 Å². The summed E-state index contributed by atoms with van der Waals surface area (Å²) in [5.74, 6) is -1.01. The van der Waals surface area contributed by atoms with Crippen LogP contribution in [-0.2, 0) is 9.59 Å². The Hall–Kier alpha value is -2.48. The van der Waals surface area contributed by atoms with Gasteiger partial charge >= 0.3 is 6.61 Å². The van der Waals surface area contributed by atoms with E-state index in [0.717, 1.165) is 4.47 Å². The Kier molecular flexibility index (Phi) is 5.74. The van der Waals surface area contributed by atoms with Crippen LogP contribution >= 0.6 is 15.9 Å². The molecular weight excluding hydrogens is 422 g/mol. The summed E-state index contributed by atoms with van der Waals surface area (Å²) in [6.45, 7) is -1.10. The van der Waals surface area contributed by atoms with Crippen LogP contribution in [0.2, 0.25) is 0 Å². The molecule has 0 spiro atoms. The average Bonchev–Trinajstić information content (AvgIpc) is 3.00. The van der Waals surface area contributed by atoms with Crippen molar-refractivity contribution in [2.45, 2.75) is 20.0 Å². The fraction of sp³-hybridized carbons (Fsp3) is 0.263. The molecule has 1 saturated heterocycles. The van der Waals surface area contributed by atoms with Crippen molar-refractivity contribution in [3.05, 3.63) is 52.5 Å². The van der Waals surface area contributed by atoms with Crippen LogP contribution in [-0.4, -0.2) is 25.0 Å². The molecule has 5 nitrogen and oxygen atoms in total. The number of rotatable bonds is 5. The molecule has 0 aliphatic carbocycles. The summed E-state index contributed by atoms with van der Waals surface area (Å²) in [4.78, 5) is 26.5. The number of ether oxygens (including phenoxy) is 1. The van der Waals surface area contributed by atoms with Crippen LogP contribution in [0.3, 0.4) is 0 Å². The standard InChI is InChI=1S/C19H17BrF2N2O3/c1-11-15(6-3-7-16(11)27-19(21)22)23-18(26)12-8-17(25)24(10-12)14-5-2-4-13(20)9-14/h2-7,9,12,19H,8,10H2,1H3,(H,23,26). The van der Waals surface area contributed by atoms with Gasteiger partial charge in [0.05, 0.1) is 5.92 Å². The Morgan fingerprint density at radius 2 is 2.04 bits per heavy atom. The molecule has 0 bridgehead atoms. The van der Waals surface area contributed by atoms with Crippen LogP contribution in [0.25, 0.3) is 0 Å². The molecule has 3 rings (SSSR count). The molecule has 2 aromatic rings. The van der Waals surface area contributed by atoms with E-state index in [1.165, 1.54) is 12.1 Å². The van der Waals surface area contributed by atoms with Crippen molar-refractivity contribution in [1.29, 1.82) is 0 Å². The third-order valence-corrected chi connectivity index (χ3v) is 4.87. The normalized spacial score (nSPS) is 16.7. The number of benzene rings is 2. The smallest absolute Gasteiger partial charge is 0.387 e. The molecular formula is C19H17BrF2N2O3. The first-order chi connectivity index (χ1) is 12.8. The third-order valence-electron chi connectivity index (χ3n) is 4.37. The van der Waals surface area contributed by atoms with Crippen molar-refractivity contribution in [3.63, 3.8) is 0 Å². The molecule has 0 aromatic heterocycles. The molecule has 142 valence electrons. The summed E-state index contributed by atoms with van der Waals surface area (Å²) in [6, 6.07) is 11.8. The predicted octanol–water partition coefficient (Wildman–Crippen LogP) is 4.35. The number of halogens is 3. The minimum Gasteiger partial charge on any atom is -0.434 e. The van der Waals surface area contributed by atoms with Gasteiger partial charge in [-0.1, -0.05) is 28.1 Å². The van der Waals surface area contributed by atoms with Crippen molar-refractivity contribution < 1.29 is 23.1 Å². The summed E-state index contributed by atoms with van der Waals surface area (Å²) in [7, 11) is 0. The minimum atomic E-state index is -2.94. The summed E-state index contributed by atoms with van der Waals surface area (Å²) < 4.78 is 30.2. The number of amides is 2. The predicted molar refractivity (Wildman–Crippen MR) is 101 cm³/mol. The molecule has 0 radical (unpaired) electrons. The molecule has 1 aliphatic heterocycles. The fourth-order valence-corrected chi connectivity index (χ4v) is 3.37. The topological polar surface area (TPSA) is 58.6 Å². The second-order valence-electron chi connectivity index (χ2n) is 6.18. The lowest BCUT2D eigenvalue weighted by molar-refractivity contribution is -0.122. The molecule has 0 saturated carbocycles. The highest BCUT2D eigenvalue weighted by atomic mass is 79.9. The molecule has 1 atom stereocenters.